The maximum absolute atomic E-state index is 12.0. The summed E-state index contributed by atoms with van der Waals surface area (Å²) in [6.45, 7) is 0.242. The lowest BCUT2D eigenvalue weighted by Crippen LogP contribution is -1.94. The molecule has 0 saturated heterocycles. The number of hydrogen-bond donors (Lipinski definition) is 0. The first-order chi connectivity index (χ1) is 12.1. The number of rotatable bonds is 6. The zero-order valence-corrected chi connectivity index (χ0v) is 15.3. The standard InChI is InChI=1S/C19H13BrClNO3/c20-14-3-8-19(17(21)10-14)24-12-16-5-4-15(25-16)6-7-18(23)13-2-1-9-22-11-13/h1-11H,12H2/b7-6+. The van der Waals surface area contributed by atoms with E-state index in [9.17, 15) is 4.79 Å². The first kappa shape index (κ1) is 17.5. The lowest BCUT2D eigenvalue weighted by Gasteiger charge is -2.06. The molecule has 0 N–H and O–H groups in total. The number of furan rings is 1. The summed E-state index contributed by atoms with van der Waals surface area (Å²) in [7, 11) is 0. The highest BCUT2D eigenvalue weighted by Crippen LogP contribution is 2.28. The van der Waals surface area contributed by atoms with Crippen molar-refractivity contribution in [2.24, 2.45) is 0 Å². The van der Waals surface area contributed by atoms with Crippen LogP contribution in [0.15, 0.2) is 69.8 Å². The summed E-state index contributed by atoms with van der Waals surface area (Å²) >= 11 is 9.45. The van der Waals surface area contributed by atoms with Crippen molar-refractivity contribution in [3.63, 3.8) is 0 Å². The van der Waals surface area contributed by atoms with Gasteiger partial charge in [-0.25, -0.2) is 0 Å². The lowest BCUT2D eigenvalue weighted by atomic mass is 10.2. The molecule has 0 radical (unpaired) electrons. The van der Waals surface area contributed by atoms with E-state index in [1.54, 1.807) is 48.7 Å². The zero-order valence-electron chi connectivity index (χ0n) is 13.0. The fourth-order valence-electron chi connectivity index (χ4n) is 2.07. The molecule has 0 saturated carbocycles. The van der Waals surface area contributed by atoms with Gasteiger partial charge >= 0.3 is 0 Å². The summed E-state index contributed by atoms with van der Waals surface area (Å²) in [6, 6.07) is 12.4. The topological polar surface area (TPSA) is 52.3 Å². The fourth-order valence-corrected chi connectivity index (χ4v) is 2.79. The Morgan fingerprint density at radius 3 is 2.92 bits per heavy atom. The van der Waals surface area contributed by atoms with E-state index in [4.69, 9.17) is 20.8 Å². The monoisotopic (exact) mass is 417 g/mol. The maximum atomic E-state index is 12.0. The van der Waals surface area contributed by atoms with Gasteiger partial charge in [-0.3, -0.25) is 9.78 Å². The quantitative estimate of drug-likeness (QED) is 0.388. The number of carbonyl (C=O) groups excluding carboxylic acids is 1. The van der Waals surface area contributed by atoms with E-state index in [2.05, 4.69) is 20.9 Å². The van der Waals surface area contributed by atoms with Crippen molar-refractivity contribution in [3.8, 4) is 5.75 Å². The molecule has 3 aromatic rings. The van der Waals surface area contributed by atoms with Crippen LogP contribution in [0.1, 0.15) is 21.9 Å². The molecule has 6 heteroatoms. The second-order valence-electron chi connectivity index (χ2n) is 5.11. The van der Waals surface area contributed by atoms with Crippen LogP contribution < -0.4 is 4.74 Å². The minimum absolute atomic E-state index is 0.135. The number of benzene rings is 1. The molecule has 0 fully saturated rings. The highest BCUT2D eigenvalue weighted by atomic mass is 79.9. The van der Waals surface area contributed by atoms with E-state index in [0.717, 1.165) is 4.47 Å². The van der Waals surface area contributed by atoms with Crippen molar-refractivity contribution in [2.75, 3.05) is 0 Å². The normalized spacial score (nSPS) is 11.0. The van der Waals surface area contributed by atoms with Crippen LogP contribution >= 0.6 is 27.5 Å². The predicted molar refractivity (Wildman–Crippen MR) is 99.8 cm³/mol. The first-order valence-electron chi connectivity index (χ1n) is 7.41. The molecule has 0 aliphatic carbocycles. The molecule has 126 valence electrons. The third kappa shape index (κ3) is 4.81. The van der Waals surface area contributed by atoms with Gasteiger partial charge in [0, 0.05) is 22.4 Å². The van der Waals surface area contributed by atoms with Crippen LogP contribution in [-0.4, -0.2) is 10.8 Å². The van der Waals surface area contributed by atoms with Crippen molar-refractivity contribution in [2.45, 2.75) is 6.61 Å². The van der Waals surface area contributed by atoms with Crippen molar-refractivity contribution in [1.29, 1.82) is 0 Å². The third-order valence-electron chi connectivity index (χ3n) is 3.29. The summed E-state index contributed by atoms with van der Waals surface area (Å²) in [4.78, 5) is 15.9. The summed E-state index contributed by atoms with van der Waals surface area (Å²) in [5, 5.41) is 0.517. The average molecular weight is 419 g/mol. The number of pyridine rings is 1. The number of hydrogen-bond acceptors (Lipinski definition) is 4. The molecule has 0 aliphatic heterocycles. The molecule has 0 atom stereocenters. The Morgan fingerprint density at radius 1 is 1.28 bits per heavy atom. The van der Waals surface area contributed by atoms with Crippen molar-refractivity contribution in [1.82, 2.24) is 4.98 Å². The number of halogens is 2. The van der Waals surface area contributed by atoms with Gasteiger partial charge in [0.25, 0.3) is 0 Å². The molecule has 0 aliphatic rings. The highest BCUT2D eigenvalue weighted by molar-refractivity contribution is 9.10. The molecular formula is C19H13BrClNO3. The molecule has 4 nitrogen and oxygen atoms in total. The summed E-state index contributed by atoms with van der Waals surface area (Å²) in [5.41, 5.74) is 0.527. The van der Waals surface area contributed by atoms with Crippen LogP contribution in [0.3, 0.4) is 0 Å². The minimum atomic E-state index is -0.135. The van der Waals surface area contributed by atoms with Gasteiger partial charge in [-0.15, -0.1) is 0 Å². The Bertz CT molecular complexity index is 906. The van der Waals surface area contributed by atoms with Gasteiger partial charge in [-0.2, -0.15) is 0 Å². The number of aromatic nitrogens is 1. The van der Waals surface area contributed by atoms with Gasteiger partial charge in [-0.1, -0.05) is 27.5 Å². The Kier molecular flexibility index (Phi) is 5.68. The van der Waals surface area contributed by atoms with Crippen LogP contribution in [0.2, 0.25) is 5.02 Å². The van der Waals surface area contributed by atoms with Crippen LogP contribution in [0.25, 0.3) is 6.08 Å². The lowest BCUT2D eigenvalue weighted by molar-refractivity contribution is 0.104. The van der Waals surface area contributed by atoms with Crippen LogP contribution in [0, 0.1) is 0 Å². The van der Waals surface area contributed by atoms with E-state index < -0.39 is 0 Å². The van der Waals surface area contributed by atoms with E-state index in [1.165, 1.54) is 12.3 Å². The number of ketones is 1. The maximum Gasteiger partial charge on any atom is 0.187 e. The van der Waals surface area contributed by atoms with Crippen molar-refractivity contribution < 1.29 is 13.9 Å². The van der Waals surface area contributed by atoms with Gasteiger partial charge in [0.2, 0.25) is 0 Å². The van der Waals surface area contributed by atoms with Gasteiger partial charge in [0.05, 0.1) is 5.02 Å². The van der Waals surface area contributed by atoms with E-state index in [1.807, 2.05) is 6.07 Å². The van der Waals surface area contributed by atoms with E-state index in [0.29, 0.717) is 27.9 Å². The molecule has 3 rings (SSSR count). The molecule has 2 aromatic heterocycles. The average Bonchev–Trinajstić information content (AvgIpc) is 3.07. The highest BCUT2D eigenvalue weighted by Gasteiger charge is 2.06. The third-order valence-corrected chi connectivity index (χ3v) is 4.08. The smallest absolute Gasteiger partial charge is 0.187 e. The molecule has 25 heavy (non-hydrogen) atoms. The van der Waals surface area contributed by atoms with E-state index >= 15 is 0 Å². The molecule has 0 unspecified atom stereocenters. The van der Waals surface area contributed by atoms with Gasteiger partial charge in [-0.05, 0) is 54.6 Å². The van der Waals surface area contributed by atoms with Crippen LogP contribution in [0.5, 0.6) is 5.75 Å². The Morgan fingerprint density at radius 2 is 2.16 bits per heavy atom. The van der Waals surface area contributed by atoms with Gasteiger partial charge in [0.15, 0.2) is 5.78 Å². The minimum Gasteiger partial charge on any atom is -0.484 e. The Balaban J connectivity index is 1.60. The fraction of sp³-hybridized carbons (Fsp3) is 0.0526. The second kappa shape index (κ2) is 8.14. The molecular weight excluding hydrogens is 406 g/mol. The van der Waals surface area contributed by atoms with Crippen molar-refractivity contribution >= 4 is 39.4 Å². The second-order valence-corrected chi connectivity index (χ2v) is 6.43. The van der Waals surface area contributed by atoms with Crippen molar-refractivity contribution in [3.05, 3.63) is 87.5 Å². The number of allylic oxidation sites excluding steroid dienone is 1. The Hall–Kier alpha value is -2.37. The number of carbonyl (C=O) groups is 1. The Labute approximate surface area is 158 Å². The summed E-state index contributed by atoms with van der Waals surface area (Å²) in [5.74, 6) is 1.64. The molecule has 0 bridgehead atoms. The summed E-state index contributed by atoms with van der Waals surface area (Å²) < 4.78 is 12.1. The van der Waals surface area contributed by atoms with Crippen LogP contribution in [0.4, 0.5) is 0 Å². The zero-order chi connectivity index (χ0) is 17.6. The molecule has 0 spiro atoms. The number of nitrogens with zero attached hydrogens (tertiary/aromatic N) is 1. The van der Waals surface area contributed by atoms with Crippen LogP contribution in [-0.2, 0) is 6.61 Å². The SMILES string of the molecule is O=C(/C=C/c1ccc(COc2ccc(Br)cc2Cl)o1)c1cccnc1. The van der Waals surface area contributed by atoms with Gasteiger partial charge < -0.3 is 9.15 Å². The van der Waals surface area contributed by atoms with Gasteiger partial charge in [0.1, 0.15) is 23.9 Å². The molecule has 1 aromatic carbocycles. The summed E-state index contributed by atoms with van der Waals surface area (Å²) in [6.07, 6.45) is 6.21. The first-order valence-corrected chi connectivity index (χ1v) is 8.58. The predicted octanol–water partition coefficient (Wildman–Crippen LogP) is 5.57. The largest absolute Gasteiger partial charge is 0.484 e. The molecule has 2 heterocycles. The number of ether oxygens (including phenoxy) is 1. The molecule has 0 amide bonds. The van der Waals surface area contributed by atoms with E-state index in [-0.39, 0.29) is 12.4 Å².